The summed E-state index contributed by atoms with van der Waals surface area (Å²) in [6, 6.07) is 0. The number of hydrogen-bond donors (Lipinski definition) is 1. The Kier molecular flexibility index (Phi) is 4.78. The molecule has 3 fully saturated rings. The fourth-order valence-corrected chi connectivity index (χ4v) is 6.09. The molecule has 0 unspecified atom stereocenters. The monoisotopic (exact) mass is 354 g/mol. The van der Waals surface area contributed by atoms with Crippen LogP contribution in [0.25, 0.3) is 0 Å². The van der Waals surface area contributed by atoms with E-state index in [1.807, 2.05) is 0 Å². The van der Waals surface area contributed by atoms with Crippen LogP contribution in [0, 0.1) is 23.7 Å². The molecular formula is C20H38O3Si. The molecule has 3 aliphatic rings. The molecule has 1 saturated heterocycles. The average Bonchev–Trinajstić information content (AvgIpc) is 3.17. The minimum Gasteiger partial charge on any atom is -0.414 e. The molecular weight excluding hydrogens is 316 g/mol. The fraction of sp³-hybridized carbons (Fsp3) is 1.00. The van der Waals surface area contributed by atoms with Crippen LogP contribution in [0.1, 0.15) is 60.3 Å². The molecule has 0 aromatic heterocycles. The van der Waals surface area contributed by atoms with Gasteiger partial charge in [-0.2, -0.15) is 0 Å². The molecule has 0 spiro atoms. The van der Waals surface area contributed by atoms with Crippen molar-refractivity contribution in [2.75, 3.05) is 6.61 Å². The number of ether oxygens (including phenoxy) is 1. The van der Waals surface area contributed by atoms with Crippen LogP contribution in [-0.2, 0) is 9.16 Å². The van der Waals surface area contributed by atoms with E-state index in [2.05, 4.69) is 47.7 Å². The minimum absolute atomic E-state index is 0.189. The van der Waals surface area contributed by atoms with Crippen molar-refractivity contribution in [2.45, 2.75) is 96.2 Å². The highest BCUT2D eigenvalue weighted by Gasteiger charge is 2.69. The quantitative estimate of drug-likeness (QED) is 0.592. The third-order valence-corrected chi connectivity index (χ3v) is 12.2. The molecule has 0 aromatic carbocycles. The standard InChI is InChI=1S/C20H38O3Si/c1-13(2)15-11-17-20(23-17,12-22-24(6,7)19(3,4)5)18-14(15)9-8-10-16(18)21/h13-18,21H,8-12H2,1-7H3/t14-,15-,16-,17-,18+,20+/m0/s1. The van der Waals surface area contributed by atoms with Crippen molar-refractivity contribution < 1.29 is 14.3 Å². The SMILES string of the molecule is CC(C)[C@@H]1C[C@@H]2O[C@@]2(CO[Si](C)(C)C(C)(C)C)[C@@H]2[C@H]1CCC[C@@H]2O. The number of aliphatic hydroxyl groups is 1. The second-order valence-electron chi connectivity index (χ2n) is 10.4. The van der Waals surface area contributed by atoms with E-state index in [1.165, 1.54) is 6.42 Å². The molecule has 24 heavy (non-hydrogen) atoms. The van der Waals surface area contributed by atoms with Crippen LogP contribution >= 0.6 is 0 Å². The first kappa shape index (κ1) is 18.9. The van der Waals surface area contributed by atoms with Gasteiger partial charge >= 0.3 is 0 Å². The van der Waals surface area contributed by atoms with Crippen LogP contribution < -0.4 is 0 Å². The van der Waals surface area contributed by atoms with Gasteiger partial charge in [0.25, 0.3) is 0 Å². The van der Waals surface area contributed by atoms with Crippen LogP contribution in [0.15, 0.2) is 0 Å². The Morgan fingerprint density at radius 2 is 1.92 bits per heavy atom. The Labute approximate surface area is 149 Å². The maximum Gasteiger partial charge on any atom is 0.192 e. The van der Waals surface area contributed by atoms with Crippen LogP contribution in [0.2, 0.25) is 18.1 Å². The fourth-order valence-electron chi connectivity index (χ4n) is 5.07. The van der Waals surface area contributed by atoms with Crippen molar-refractivity contribution in [1.29, 1.82) is 0 Å². The van der Waals surface area contributed by atoms with Gasteiger partial charge in [-0.3, -0.25) is 0 Å². The number of fused-ring (bicyclic) bond motifs is 3. The average molecular weight is 355 g/mol. The maximum absolute atomic E-state index is 10.8. The molecule has 1 aliphatic heterocycles. The van der Waals surface area contributed by atoms with Crippen LogP contribution in [0.5, 0.6) is 0 Å². The van der Waals surface area contributed by atoms with Gasteiger partial charge in [0, 0.05) is 5.92 Å². The van der Waals surface area contributed by atoms with E-state index in [-0.39, 0.29) is 22.7 Å². The summed E-state index contributed by atoms with van der Waals surface area (Å²) in [5.74, 6) is 2.25. The van der Waals surface area contributed by atoms with Crippen LogP contribution in [0.4, 0.5) is 0 Å². The molecule has 6 atom stereocenters. The zero-order valence-electron chi connectivity index (χ0n) is 16.8. The van der Waals surface area contributed by atoms with Crippen LogP contribution in [-0.4, -0.2) is 37.8 Å². The number of rotatable bonds is 4. The summed E-state index contributed by atoms with van der Waals surface area (Å²) in [4.78, 5) is 0. The molecule has 0 radical (unpaired) electrons. The van der Waals surface area contributed by atoms with Gasteiger partial charge in [-0.25, -0.2) is 0 Å². The van der Waals surface area contributed by atoms with Gasteiger partial charge < -0.3 is 14.3 Å². The van der Waals surface area contributed by atoms with E-state index in [0.29, 0.717) is 30.5 Å². The number of epoxide rings is 1. The lowest BCUT2D eigenvalue weighted by Gasteiger charge is -2.48. The second-order valence-corrected chi connectivity index (χ2v) is 15.3. The predicted molar refractivity (Wildman–Crippen MR) is 101 cm³/mol. The van der Waals surface area contributed by atoms with Gasteiger partial charge in [-0.05, 0) is 55.1 Å². The molecule has 3 rings (SSSR count). The van der Waals surface area contributed by atoms with Crippen molar-refractivity contribution in [3.63, 3.8) is 0 Å². The molecule has 1 N–H and O–H groups in total. The van der Waals surface area contributed by atoms with Crippen molar-refractivity contribution in [3.05, 3.63) is 0 Å². The van der Waals surface area contributed by atoms with Crippen molar-refractivity contribution in [1.82, 2.24) is 0 Å². The van der Waals surface area contributed by atoms with E-state index in [1.54, 1.807) is 0 Å². The Morgan fingerprint density at radius 1 is 1.25 bits per heavy atom. The minimum atomic E-state index is -1.79. The molecule has 3 nitrogen and oxygen atoms in total. The van der Waals surface area contributed by atoms with Crippen LogP contribution in [0.3, 0.4) is 0 Å². The first-order valence-electron chi connectivity index (χ1n) is 9.99. The highest BCUT2D eigenvalue weighted by atomic mass is 28.4. The van der Waals surface area contributed by atoms with Crippen molar-refractivity contribution in [3.8, 4) is 0 Å². The zero-order valence-corrected chi connectivity index (χ0v) is 17.8. The summed E-state index contributed by atoms with van der Waals surface area (Å²) in [6.07, 6.45) is 4.61. The van der Waals surface area contributed by atoms with Crippen molar-refractivity contribution in [2.24, 2.45) is 23.7 Å². The van der Waals surface area contributed by atoms with Crippen molar-refractivity contribution >= 4 is 8.32 Å². The lowest BCUT2D eigenvalue weighted by molar-refractivity contribution is -0.0608. The molecule has 4 heteroatoms. The molecule has 1 heterocycles. The lowest BCUT2D eigenvalue weighted by atomic mass is 9.58. The Morgan fingerprint density at radius 3 is 2.50 bits per heavy atom. The van der Waals surface area contributed by atoms with E-state index < -0.39 is 8.32 Å². The van der Waals surface area contributed by atoms with E-state index in [0.717, 1.165) is 19.3 Å². The summed E-state index contributed by atoms with van der Waals surface area (Å²) in [7, 11) is -1.79. The first-order valence-corrected chi connectivity index (χ1v) is 12.9. The summed E-state index contributed by atoms with van der Waals surface area (Å²) in [6.45, 7) is 16.9. The van der Waals surface area contributed by atoms with Gasteiger partial charge in [-0.1, -0.05) is 41.0 Å². The first-order chi connectivity index (χ1) is 11.0. The summed E-state index contributed by atoms with van der Waals surface area (Å²) >= 11 is 0. The van der Waals surface area contributed by atoms with E-state index in [4.69, 9.17) is 9.16 Å². The number of aliphatic hydroxyl groups excluding tert-OH is 1. The normalized spacial score (nSPS) is 42.6. The Bertz CT molecular complexity index is 470. The van der Waals surface area contributed by atoms with Gasteiger partial charge in [0.2, 0.25) is 0 Å². The lowest BCUT2D eigenvalue weighted by Crippen LogP contribution is -2.54. The topological polar surface area (TPSA) is 42.0 Å². The van der Waals surface area contributed by atoms with Gasteiger partial charge in [-0.15, -0.1) is 0 Å². The third kappa shape index (κ3) is 3.02. The smallest absolute Gasteiger partial charge is 0.192 e. The summed E-state index contributed by atoms with van der Waals surface area (Å²) in [5, 5.41) is 11.0. The summed E-state index contributed by atoms with van der Waals surface area (Å²) < 4.78 is 12.9. The van der Waals surface area contributed by atoms with Gasteiger partial charge in [0.15, 0.2) is 8.32 Å². The second kappa shape index (κ2) is 6.07. The zero-order chi connectivity index (χ0) is 17.9. The molecule has 0 bridgehead atoms. The van der Waals surface area contributed by atoms with Gasteiger partial charge in [0.1, 0.15) is 5.60 Å². The Hall–Kier alpha value is 0.0969. The maximum atomic E-state index is 10.8. The molecule has 0 aromatic rings. The predicted octanol–water partition coefficient (Wildman–Crippen LogP) is 4.60. The molecule has 2 saturated carbocycles. The highest BCUT2D eigenvalue weighted by Crippen LogP contribution is 2.61. The molecule has 0 amide bonds. The summed E-state index contributed by atoms with van der Waals surface area (Å²) in [5.41, 5.74) is -0.189. The molecule has 140 valence electrons. The van der Waals surface area contributed by atoms with E-state index in [9.17, 15) is 5.11 Å². The highest BCUT2D eigenvalue weighted by molar-refractivity contribution is 6.74. The number of hydrogen-bond acceptors (Lipinski definition) is 3. The van der Waals surface area contributed by atoms with E-state index >= 15 is 0 Å². The van der Waals surface area contributed by atoms with Gasteiger partial charge in [0.05, 0.1) is 18.8 Å². The molecule has 2 aliphatic carbocycles. The largest absolute Gasteiger partial charge is 0.414 e. The third-order valence-electron chi connectivity index (χ3n) is 7.68. The Balaban J connectivity index is 1.79.